The monoisotopic (exact) mass is 361 g/mol. The molecule has 27 heavy (non-hydrogen) atoms. The average molecular weight is 361 g/mol. The Kier molecular flexibility index (Phi) is 4.14. The summed E-state index contributed by atoms with van der Waals surface area (Å²) in [5.74, 6) is 1.44. The molecule has 0 N–H and O–H groups in total. The molecule has 0 bridgehead atoms. The third-order valence-corrected chi connectivity index (χ3v) is 6.71. The van der Waals surface area contributed by atoms with Crippen LogP contribution in [0.2, 0.25) is 0 Å². The van der Waals surface area contributed by atoms with E-state index in [1.165, 1.54) is 29.7 Å². The summed E-state index contributed by atoms with van der Waals surface area (Å²) < 4.78 is 0. The number of hydrogen-bond acceptors (Lipinski definition) is 3. The standard InChI is InChI=1S/C23H27N3O/c27-22-23(12-15-25(22)14-11-18-5-2-1-3-6-18)13-16-26(17-23)21-10-9-19-7-4-8-20(19)24-21/h1-3,5-6,9-10H,4,7-8,11-17H2. The van der Waals surface area contributed by atoms with Gasteiger partial charge in [-0.25, -0.2) is 4.98 Å². The molecular weight excluding hydrogens is 334 g/mol. The molecule has 1 amide bonds. The lowest BCUT2D eigenvalue weighted by Crippen LogP contribution is -2.37. The highest BCUT2D eigenvalue weighted by molar-refractivity contribution is 5.86. The first-order chi connectivity index (χ1) is 13.2. The Bertz CT molecular complexity index is 850. The van der Waals surface area contributed by atoms with Crippen LogP contribution in [0, 0.1) is 5.41 Å². The maximum atomic E-state index is 13.2. The first-order valence-corrected chi connectivity index (χ1v) is 10.3. The van der Waals surface area contributed by atoms with Crippen LogP contribution in [0.25, 0.3) is 0 Å². The van der Waals surface area contributed by atoms with Crippen molar-refractivity contribution in [2.24, 2.45) is 5.41 Å². The number of amides is 1. The van der Waals surface area contributed by atoms with Crippen molar-refractivity contribution in [3.05, 3.63) is 59.3 Å². The molecule has 4 heteroatoms. The molecule has 3 heterocycles. The predicted octanol–water partition coefficient (Wildman–Crippen LogP) is 3.24. The van der Waals surface area contributed by atoms with Gasteiger partial charge in [-0.1, -0.05) is 36.4 Å². The van der Waals surface area contributed by atoms with E-state index in [2.05, 4.69) is 46.2 Å². The fourth-order valence-corrected chi connectivity index (χ4v) is 5.05. The quantitative estimate of drug-likeness (QED) is 0.839. The molecule has 2 aliphatic heterocycles. The zero-order valence-electron chi connectivity index (χ0n) is 15.9. The second kappa shape index (κ2) is 6.66. The molecule has 2 saturated heterocycles. The minimum Gasteiger partial charge on any atom is -0.355 e. The fraction of sp³-hybridized carbons (Fsp3) is 0.478. The van der Waals surface area contributed by atoms with Crippen LogP contribution >= 0.6 is 0 Å². The molecule has 1 atom stereocenters. The SMILES string of the molecule is O=C1N(CCc2ccccc2)CCC12CCN(c1ccc3c(n1)CCC3)C2. The lowest BCUT2D eigenvalue weighted by atomic mass is 9.85. The summed E-state index contributed by atoms with van der Waals surface area (Å²) in [6, 6.07) is 14.9. The highest BCUT2D eigenvalue weighted by Crippen LogP contribution is 2.42. The Morgan fingerprint density at radius 1 is 1.00 bits per heavy atom. The van der Waals surface area contributed by atoms with E-state index in [0.29, 0.717) is 5.91 Å². The van der Waals surface area contributed by atoms with Crippen LogP contribution in [0.5, 0.6) is 0 Å². The first kappa shape index (κ1) is 16.8. The summed E-state index contributed by atoms with van der Waals surface area (Å²) in [4.78, 5) is 22.5. The van der Waals surface area contributed by atoms with Gasteiger partial charge < -0.3 is 9.80 Å². The number of hydrogen-bond donors (Lipinski definition) is 0. The normalized spacial score (nSPS) is 24.2. The van der Waals surface area contributed by atoms with Crippen molar-refractivity contribution in [2.75, 3.05) is 31.1 Å². The van der Waals surface area contributed by atoms with E-state index in [9.17, 15) is 4.79 Å². The molecule has 3 aliphatic rings. The number of likely N-dealkylation sites (tertiary alicyclic amines) is 1. The number of benzene rings is 1. The molecule has 1 unspecified atom stereocenters. The molecule has 1 aliphatic carbocycles. The van der Waals surface area contributed by atoms with Gasteiger partial charge in [-0.3, -0.25) is 4.79 Å². The fourth-order valence-electron chi connectivity index (χ4n) is 5.05. The summed E-state index contributed by atoms with van der Waals surface area (Å²) in [7, 11) is 0. The summed E-state index contributed by atoms with van der Waals surface area (Å²) in [5.41, 5.74) is 3.81. The molecule has 2 aromatic rings. The van der Waals surface area contributed by atoms with Crippen molar-refractivity contribution < 1.29 is 4.79 Å². The van der Waals surface area contributed by atoms with Crippen LogP contribution in [-0.4, -0.2) is 42.0 Å². The van der Waals surface area contributed by atoms with Crippen LogP contribution in [0.3, 0.4) is 0 Å². The zero-order chi connectivity index (χ0) is 18.3. The van der Waals surface area contributed by atoms with Crippen molar-refractivity contribution >= 4 is 11.7 Å². The molecule has 1 aromatic carbocycles. The van der Waals surface area contributed by atoms with Gasteiger partial charge in [-0.15, -0.1) is 0 Å². The van der Waals surface area contributed by atoms with Gasteiger partial charge in [0.25, 0.3) is 0 Å². The number of fused-ring (bicyclic) bond motifs is 1. The molecule has 140 valence electrons. The van der Waals surface area contributed by atoms with Gasteiger partial charge in [0.15, 0.2) is 0 Å². The molecule has 2 fully saturated rings. The lowest BCUT2D eigenvalue weighted by Gasteiger charge is -2.24. The number of anilines is 1. The first-order valence-electron chi connectivity index (χ1n) is 10.3. The molecule has 1 spiro atoms. The van der Waals surface area contributed by atoms with Gasteiger partial charge in [-0.2, -0.15) is 0 Å². The van der Waals surface area contributed by atoms with Crippen molar-refractivity contribution in [2.45, 2.75) is 38.5 Å². The maximum absolute atomic E-state index is 13.2. The number of nitrogens with zero attached hydrogens (tertiary/aromatic N) is 3. The number of pyridine rings is 1. The number of aromatic nitrogens is 1. The van der Waals surface area contributed by atoms with E-state index >= 15 is 0 Å². The van der Waals surface area contributed by atoms with Crippen molar-refractivity contribution in [1.29, 1.82) is 0 Å². The third-order valence-electron chi connectivity index (χ3n) is 6.71. The molecule has 0 radical (unpaired) electrons. The summed E-state index contributed by atoms with van der Waals surface area (Å²) >= 11 is 0. The highest BCUT2D eigenvalue weighted by atomic mass is 16.2. The van der Waals surface area contributed by atoms with Crippen LogP contribution in [0.4, 0.5) is 5.82 Å². The second-order valence-corrected chi connectivity index (χ2v) is 8.36. The Labute approximate surface area is 161 Å². The summed E-state index contributed by atoms with van der Waals surface area (Å²) in [6.45, 7) is 3.52. The summed E-state index contributed by atoms with van der Waals surface area (Å²) in [6.07, 6.45) is 6.40. The second-order valence-electron chi connectivity index (χ2n) is 8.36. The van der Waals surface area contributed by atoms with Crippen LogP contribution in [0.15, 0.2) is 42.5 Å². The average Bonchev–Trinajstić information content (AvgIpc) is 3.42. The van der Waals surface area contributed by atoms with E-state index < -0.39 is 0 Å². The maximum Gasteiger partial charge on any atom is 0.230 e. The summed E-state index contributed by atoms with van der Waals surface area (Å²) in [5, 5.41) is 0. The number of rotatable bonds is 4. The van der Waals surface area contributed by atoms with Gasteiger partial charge in [0.2, 0.25) is 5.91 Å². The largest absolute Gasteiger partial charge is 0.355 e. The smallest absolute Gasteiger partial charge is 0.230 e. The van der Waals surface area contributed by atoms with Gasteiger partial charge in [0.1, 0.15) is 5.82 Å². The van der Waals surface area contributed by atoms with Gasteiger partial charge in [0, 0.05) is 31.9 Å². The van der Waals surface area contributed by atoms with E-state index in [1.54, 1.807) is 0 Å². The number of aryl methyl sites for hydroxylation is 2. The molecule has 1 aromatic heterocycles. The number of carbonyl (C=O) groups excluding carboxylic acids is 1. The zero-order valence-corrected chi connectivity index (χ0v) is 15.9. The Morgan fingerprint density at radius 3 is 2.74 bits per heavy atom. The van der Waals surface area contributed by atoms with E-state index in [4.69, 9.17) is 4.98 Å². The lowest BCUT2D eigenvalue weighted by molar-refractivity contribution is -0.135. The topological polar surface area (TPSA) is 36.4 Å². The third kappa shape index (κ3) is 3.01. The van der Waals surface area contributed by atoms with E-state index in [-0.39, 0.29) is 5.41 Å². The van der Waals surface area contributed by atoms with Crippen molar-refractivity contribution in [3.8, 4) is 0 Å². The number of carbonyl (C=O) groups is 1. The van der Waals surface area contributed by atoms with E-state index in [1.807, 2.05) is 6.07 Å². The molecule has 0 saturated carbocycles. The molecule has 5 rings (SSSR count). The van der Waals surface area contributed by atoms with Gasteiger partial charge >= 0.3 is 0 Å². The molecular formula is C23H27N3O. The van der Waals surface area contributed by atoms with Crippen LogP contribution in [0.1, 0.15) is 36.1 Å². The van der Waals surface area contributed by atoms with Crippen LogP contribution in [-0.2, 0) is 24.1 Å². The van der Waals surface area contributed by atoms with Gasteiger partial charge in [0.05, 0.1) is 5.41 Å². The predicted molar refractivity (Wildman–Crippen MR) is 107 cm³/mol. The van der Waals surface area contributed by atoms with Crippen molar-refractivity contribution in [3.63, 3.8) is 0 Å². The van der Waals surface area contributed by atoms with Gasteiger partial charge in [-0.05, 0) is 55.7 Å². The van der Waals surface area contributed by atoms with Crippen molar-refractivity contribution in [1.82, 2.24) is 9.88 Å². The Hall–Kier alpha value is -2.36. The highest BCUT2D eigenvalue weighted by Gasteiger charge is 2.50. The van der Waals surface area contributed by atoms with Crippen LogP contribution < -0.4 is 4.90 Å². The Balaban J connectivity index is 1.25. The van der Waals surface area contributed by atoms with E-state index in [0.717, 1.165) is 57.7 Å². The minimum absolute atomic E-state index is 0.183. The minimum atomic E-state index is -0.183. The Morgan fingerprint density at radius 2 is 1.85 bits per heavy atom. The molecule has 4 nitrogen and oxygen atoms in total.